The van der Waals surface area contributed by atoms with Crippen molar-refractivity contribution in [2.75, 3.05) is 33.2 Å². The highest BCUT2D eigenvalue weighted by Crippen LogP contribution is 2.23. The first-order valence-electron chi connectivity index (χ1n) is 10.4. The molecule has 7 nitrogen and oxygen atoms in total. The molecular weight excluding hydrogens is 392 g/mol. The van der Waals surface area contributed by atoms with Crippen LogP contribution in [0.15, 0.2) is 59.0 Å². The van der Waals surface area contributed by atoms with E-state index in [1.54, 1.807) is 19.2 Å². The number of nitrogens with one attached hydrogen (secondary N) is 1. The predicted molar refractivity (Wildman–Crippen MR) is 118 cm³/mol. The van der Waals surface area contributed by atoms with Crippen molar-refractivity contribution in [2.24, 2.45) is 0 Å². The number of aryl methyl sites for hydroxylation is 1. The van der Waals surface area contributed by atoms with E-state index in [0.717, 1.165) is 35.7 Å². The molecule has 0 atom stereocenters. The van der Waals surface area contributed by atoms with E-state index in [1.807, 2.05) is 54.3 Å². The highest BCUT2D eigenvalue weighted by Gasteiger charge is 2.23. The number of piperazine rings is 1. The fourth-order valence-corrected chi connectivity index (χ4v) is 3.69. The highest BCUT2D eigenvalue weighted by atomic mass is 16.4. The maximum atomic E-state index is 12.6. The van der Waals surface area contributed by atoms with Crippen LogP contribution in [-0.2, 0) is 6.54 Å². The summed E-state index contributed by atoms with van der Waals surface area (Å²) >= 11 is 0. The monoisotopic (exact) mass is 418 g/mol. The number of benzene rings is 2. The van der Waals surface area contributed by atoms with E-state index in [2.05, 4.69) is 15.2 Å². The minimum absolute atomic E-state index is 0.0837. The summed E-state index contributed by atoms with van der Waals surface area (Å²) in [4.78, 5) is 33.2. The quantitative estimate of drug-likeness (QED) is 0.689. The number of rotatable bonds is 5. The van der Waals surface area contributed by atoms with Crippen LogP contribution in [0.25, 0.3) is 11.5 Å². The van der Waals surface area contributed by atoms with Crippen LogP contribution in [0.3, 0.4) is 0 Å². The third-order valence-electron chi connectivity index (χ3n) is 5.57. The Morgan fingerprint density at radius 3 is 2.29 bits per heavy atom. The Morgan fingerprint density at radius 1 is 0.968 bits per heavy atom. The maximum Gasteiger partial charge on any atom is 0.253 e. The van der Waals surface area contributed by atoms with Gasteiger partial charge >= 0.3 is 0 Å². The van der Waals surface area contributed by atoms with Gasteiger partial charge in [0.2, 0.25) is 5.89 Å². The van der Waals surface area contributed by atoms with Gasteiger partial charge in [-0.25, -0.2) is 4.98 Å². The minimum Gasteiger partial charge on any atom is -0.441 e. The molecule has 1 aliphatic rings. The molecule has 3 aromatic rings. The van der Waals surface area contributed by atoms with Crippen LogP contribution < -0.4 is 5.32 Å². The number of nitrogens with zero attached hydrogens (tertiary/aromatic N) is 3. The van der Waals surface area contributed by atoms with Crippen molar-refractivity contribution in [1.29, 1.82) is 0 Å². The SMILES string of the molecule is CNC(=O)c1ccc(-c2nc(CN3CCN(C(=O)c4ccccc4)CC3)c(C)o2)cc1. The zero-order chi connectivity index (χ0) is 21.8. The number of hydrogen-bond donors (Lipinski definition) is 1. The number of carbonyl (C=O) groups is 2. The minimum atomic E-state index is -0.124. The van der Waals surface area contributed by atoms with E-state index in [1.165, 1.54) is 0 Å². The Hall–Kier alpha value is -3.45. The van der Waals surface area contributed by atoms with E-state index >= 15 is 0 Å². The number of hydrogen-bond acceptors (Lipinski definition) is 5. The molecule has 1 aliphatic heterocycles. The molecule has 31 heavy (non-hydrogen) atoms. The summed E-state index contributed by atoms with van der Waals surface area (Å²) in [6.45, 7) is 5.57. The summed E-state index contributed by atoms with van der Waals surface area (Å²) < 4.78 is 5.88. The first kappa shape index (κ1) is 20.8. The smallest absolute Gasteiger partial charge is 0.253 e. The van der Waals surface area contributed by atoms with Gasteiger partial charge in [0, 0.05) is 56.5 Å². The van der Waals surface area contributed by atoms with E-state index in [0.29, 0.717) is 31.1 Å². The van der Waals surface area contributed by atoms with Crippen molar-refractivity contribution in [3.63, 3.8) is 0 Å². The molecule has 0 bridgehead atoms. The van der Waals surface area contributed by atoms with Gasteiger partial charge in [-0.2, -0.15) is 0 Å². The molecule has 1 N–H and O–H groups in total. The molecule has 7 heteroatoms. The lowest BCUT2D eigenvalue weighted by atomic mass is 10.1. The number of carbonyl (C=O) groups excluding carboxylic acids is 2. The van der Waals surface area contributed by atoms with Crippen molar-refractivity contribution < 1.29 is 14.0 Å². The van der Waals surface area contributed by atoms with Crippen LogP contribution in [0.5, 0.6) is 0 Å². The van der Waals surface area contributed by atoms with Gasteiger partial charge in [-0.3, -0.25) is 14.5 Å². The fraction of sp³-hybridized carbons (Fsp3) is 0.292. The Morgan fingerprint density at radius 2 is 1.65 bits per heavy atom. The van der Waals surface area contributed by atoms with E-state index < -0.39 is 0 Å². The normalized spacial score (nSPS) is 14.5. The Kier molecular flexibility index (Phi) is 6.13. The van der Waals surface area contributed by atoms with E-state index in [4.69, 9.17) is 4.42 Å². The molecular formula is C24H26N4O3. The standard InChI is InChI=1S/C24H26N4O3/c1-17-21(26-23(31-17)19-10-8-18(9-11-19)22(29)25-2)16-27-12-14-28(15-13-27)24(30)20-6-4-3-5-7-20/h3-11H,12-16H2,1-2H3,(H,25,29). The molecule has 1 aromatic heterocycles. The summed E-state index contributed by atoms with van der Waals surface area (Å²) in [6.07, 6.45) is 0. The number of amides is 2. The third-order valence-corrected chi connectivity index (χ3v) is 5.57. The largest absolute Gasteiger partial charge is 0.441 e. The van der Waals surface area contributed by atoms with Crippen molar-refractivity contribution in [1.82, 2.24) is 20.1 Å². The summed E-state index contributed by atoms with van der Waals surface area (Å²) in [5.74, 6) is 1.29. The van der Waals surface area contributed by atoms with Crippen LogP contribution in [-0.4, -0.2) is 59.8 Å². The van der Waals surface area contributed by atoms with Gasteiger partial charge in [0.1, 0.15) is 5.76 Å². The lowest BCUT2D eigenvalue weighted by Crippen LogP contribution is -2.48. The predicted octanol–water partition coefficient (Wildman–Crippen LogP) is 2.97. The molecule has 0 saturated carbocycles. The third kappa shape index (κ3) is 4.67. The lowest BCUT2D eigenvalue weighted by molar-refractivity contribution is 0.0626. The second-order valence-electron chi connectivity index (χ2n) is 7.61. The van der Waals surface area contributed by atoms with Crippen molar-refractivity contribution in [2.45, 2.75) is 13.5 Å². The lowest BCUT2D eigenvalue weighted by Gasteiger charge is -2.34. The zero-order valence-electron chi connectivity index (χ0n) is 17.8. The molecule has 1 fully saturated rings. The molecule has 4 rings (SSSR count). The molecule has 0 aliphatic carbocycles. The Bertz CT molecular complexity index is 1050. The Balaban J connectivity index is 1.37. The average molecular weight is 418 g/mol. The molecule has 2 aromatic carbocycles. The summed E-state index contributed by atoms with van der Waals surface area (Å²) in [6, 6.07) is 16.6. The topological polar surface area (TPSA) is 78.7 Å². The second-order valence-corrected chi connectivity index (χ2v) is 7.61. The molecule has 1 saturated heterocycles. The van der Waals surface area contributed by atoms with Crippen LogP contribution in [0.4, 0.5) is 0 Å². The van der Waals surface area contributed by atoms with E-state index in [-0.39, 0.29) is 11.8 Å². The molecule has 0 spiro atoms. The first-order valence-corrected chi connectivity index (χ1v) is 10.4. The highest BCUT2D eigenvalue weighted by molar-refractivity contribution is 5.94. The van der Waals surface area contributed by atoms with Crippen molar-refractivity contribution >= 4 is 11.8 Å². The van der Waals surface area contributed by atoms with Crippen LogP contribution in [0, 0.1) is 6.92 Å². The second kappa shape index (κ2) is 9.14. The van der Waals surface area contributed by atoms with Crippen LogP contribution in [0.2, 0.25) is 0 Å². The zero-order valence-corrected chi connectivity index (χ0v) is 17.8. The van der Waals surface area contributed by atoms with Crippen LogP contribution >= 0.6 is 0 Å². The summed E-state index contributed by atoms with van der Waals surface area (Å²) in [5.41, 5.74) is 3.06. The van der Waals surface area contributed by atoms with Gasteiger partial charge in [-0.15, -0.1) is 0 Å². The number of aromatic nitrogens is 1. The van der Waals surface area contributed by atoms with Gasteiger partial charge in [-0.05, 0) is 43.3 Å². The van der Waals surface area contributed by atoms with Gasteiger partial charge in [-0.1, -0.05) is 18.2 Å². The van der Waals surface area contributed by atoms with Gasteiger partial charge in [0.25, 0.3) is 11.8 Å². The molecule has 2 amide bonds. The molecule has 2 heterocycles. The average Bonchev–Trinajstić information content (AvgIpc) is 3.19. The summed E-state index contributed by atoms with van der Waals surface area (Å²) in [5, 5.41) is 2.61. The molecule has 0 unspecified atom stereocenters. The fourth-order valence-electron chi connectivity index (χ4n) is 3.69. The molecule has 0 radical (unpaired) electrons. The Labute approximate surface area is 181 Å². The van der Waals surface area contributed by atoms with E-state index in [9.17, 15) is 9.59 Å². The van der Waals surface area contributed by atoms with Gasteiger partial charge < -0.3 is 14.6 Å². The van der Waals surface area contributed by atoms with Gasteiger partial charge in [0.15, 0.2) is 0 Å². The molecule has 160 valence electrons. The summed E-state index contributed by atoms with van der Waals surface area (Å²) in [7, 11) is 1.61. The number of oxazole rings is 1. The van der Waals surface area contributed by atoms with Crippen molar-refractivity contribution in [3.8, 4) is 11.5 Å². The maximum absolute atomic E-state index is 12.6. The van der Waals surface area contributed by atoms with Crippen molar-refractivity contribution in [3.05, 3.63) is 77.2 Å². The van der Waals surface area contributed by atoms with Gasteiger partial charge in [0.05, 0.1) is 5.69 Å². The van der Waals surface area contributed by atoms with Crippen LogP contribution in [0.1, 0.15) is 32.2 Å². The first-order chi connectivity index (χ1) is 15.0.